The lowest BCUT2D eigenvalue weighted by molar-refractivity contribution is -0.119. The van der Waals surface area contributed by atoms with Gasteiger partial charge in [0.15, 0.2) is 12.6 Å². The number of anilines is 1. The summed E-state index contributed by atoms with van der Waals surface area (Å²) < 4.78 is 0. The molecule has 19 heavy (non-hydrogen) atoms. The second-order valence-electron chi connectivity index (χ2n) is 4.43. The molecule has 6 nitrogen and oxygen atoms in total. The second kappa shape index (κ2) is 6.63. The number of nitrogens with one attached hydrogen (secondary N) is 1. The minimum absolute atomic E-state index is 0.0741. The Morgan fingerprint density at radius 3 is 1.95 bits per heavy atom. The minimum atomic E-state index is -1.75. The number of aliphatic hydroxyl groups is 4. The van der Waals surface area contributed by atoms with Crippen LogP contribution >= 0.6 is 0 Å². The van der Waals surface area contributed by atoms with Crippen LogP contribution in [-0.4, -0.2) is 26.3 Å². The van der Waals surface area contributed by atoms with Gasteiger partial charge < -0.3 is 25.7 Å². The van der Waals surface area contributed by atoms with Crippen molar-refractivity contribution < 1.29 is 25.2 Å². The van der Waals surface area contributed by atoms with E-state index >= 15 is 0 Å². The van der Waals surface area contributed by atoms with Crippen LogP contribution in [-0.2, 0) is 4.79 Å². The molecule has 0 bridgehead atoms. The summed E-state index contributed by atoms with van der Waals surface area (Å²) in [5, 5.41) is 39.1. The van der Waals surface area contributed by atoms with Gasteiger partial charge >= 0.3 is 0 Å². The molecule has 0 saturated carbocycles. The molecular weight excluding hydrogens is 250 g/mol. The van der Waals surface area contributed by atoms with Crippen molar-refractivity contribution in [3.8, 4) is 0 Å². The number of aliphatic hydroxyl groups excluding tert-OH is 2. The molecule has 6 heteroatoms. The topological polar surface area (TPSA) is 110 Å². The lowest BCUT2D eigenvalue weighted by Gasteiger charge is -2.14. The fourth-order valence-corrected chi connectivity index (χ4v) is 1.50. The van der Waals surface area contributed by atoms with Crippen LogP contribution in [0.1, 0.15) is 44.0 Å². The average Bonchev–Trinajstić information content (AvgIpc) is 2.37. The third-order valence-electron chi connectivity index (χ3n) is 2.90. The monoisotopic (exact) mass is 269 g/mol. The maximum absolute atomic E-state index is 11.7. The van der Waals surface area contributed by atoms with Crippen LogP contribution in [0.15, 0.2) is 18.2 Å². The van der Waals surface area contributed by atoms with Crippen LogP contribution in [0.2, 0.25) is 0 Å². The van der Waals surface area contributed by atoms with Gasteiger partial charge in [0.1, 0.15) is 0 Å². The summed E-state index contributed by atoms with van der Waals surface area (Å²) in [7, 11) is 0. The highest BCUT2D eigenvalue weighted by atomic mass is 16.5. The highest BCUT2D eigenvalue weighted by molar-refractivity contribution is 5.92. The summed E-state index contributed by atoms with van der Waals surface area (Å²) in [5.41, 5.74) is 0.439. The standard InChI is InChI=1S/C13H19NO5/c1-3-7(2)11(15)14-10-5-8(12(16)17)4-9(6-10)13(18)19/h4-7,12-13,16-19H,3H2,1-2H3,(H,14,15). The molecule has 1 atom stereocenters. The first-order valence-corrected chi connectivity index (χ1v) is 6.03. The van der Waals surface area contributed by atoms with Crippen molar-refractivity contribution in [2.45, 2.75) is 32.8 Å². The van der Waals surface area contributed by atoms with E-state index in [0.29, 0.717) is 12.1 Å². The Balaban J connectivity index is 3.03. The molecule has 0 aliphatic rings. The molecule has 1 amide bonds. The molecule has 0 fully saturated rings. The predicted molar refractivity (Wildman–Crippen MR) is 68.9 cm³/mol. The van der Waals surface area contributed by atoms with Gasteiger partial charge in [-0.15, -0.1) is 0 Å². The quantitative estimate of drug-likeness (QED) is 0.504. The molecule has 106 valence electrons. The number of amides is 1. The number of hydrogen-bond acceptors (Lipinski definition) is 5. The summed E-state index contributed by atoms with van der Waals surface area (Å²) >= 11 is 0. The van der Waals surface area contributed by atoms with Crippen LogP contribution in [0.25, 0.3) is 0 Å². The lowest BCUT2D eigenvalue weighted by atomic mass is 10.1. The average molecular weight is 269 g/mol. The molecule has 1 aromatic rings. The molecule has 0 heterocycles. The number of rotatable bonds is 5. The molecule has 0 aliphatic carbocycles. The normalized spacial score (nSPS) is 12.8. The van der Waals surface area contributed by atoms with E-state index in [4.69, 9.17) is 20.4 Å². The molecular formula is C13H19NO5. The van der Waals surface area contributed by atoms with E-state index in [-0.39, 0.29) is 23.0 Å². The molecule has 1 aromatic carbocycles. The Bertz CT molecular complexity index is 418. The minimum Gasteiger partial charge on any atom is -0.364 e. The van der Waals surface area contributed by atoms with E-state index in [2.05, 4.69) is 5.32 Å². The third-order valence-corrected chi connectivity index (χ3v) is 2.90. The molecule has 0 aliphatic heterocycles. The SMILES string of the molecule is CCC(C)C(=O)Nc1cc(C(O)O)cc(C(O)O)c1. The first-order chi connectivity index (χ1) is 8.85. The number of hydrogen-bond donors (Lipinski definition) is 5. The molecule has 0 aromatic heterocycles. The van der Waals surface area contributed by atoms with Gasteiger partial charge in [-0.3, -0.25) is 4.79 Å². The van der Waals surface area contributed by atoms with E-state index < -0.39 is 12.6 Å². The number of carbonyl (C=O) groups is 1. The van der Waals surface area contributed by atoms with Crippen LogP contribution < -0.4 is 5.32 Å². The zero-order valence-electron chi connectivity index (χ0n) is 10.9. The molecule has 5 N–H and O–H groups in total. The maximum Gasteiger partial charge on any atom is 0.227 e. The Kier molecular flexibility index (Phi) is 5.44. The summed E-state index contributed by atoms with van der Waals surface area (Å²) in [4.78, 5) is 11.7. The van der Waals surface area contributed by atoms with Crippen LogP contribution in [0, 0.1) is 5.92 Å². The smallest absolute Gasteiger partial charge is 0.227 e. The Labute approximate surface area is 111 Å². The van der Waals surface area contributed by atoms with E-state index in [1.807, 2.05) is 6.92 Å². The zero-order valence-corrected chi connectivity index (χ0v) is 10.9. The number of carbonyl (C=O) groups excluding carboxylic acids is 1. The number of benzene rings is 1. The predicted octanol–water partition coefficient (Wildman–Crippen LogP) is 0.638. The van der Waals surface area contributed by atoms with Gasteiger partial charge in [0, 0.05) is 22.7 Å². The molecule has 0 saturated heterocycles. The molecule has 1 rings (SSSR count). The van der Waals surface area contributed by atoms with Crippen molar-refractivity contribution in [1.82, 2.24) is 0 Å². The largest absolute Gasteiger partial charge is 0.364 e. The van der Waals surface area contributed by atoms with E-state index in [1.54, 1.807) is 6.92 Å². The van der Waals surface area contributed by atoms with Crippen molar-refractivity contribution in [2.75, 3.05) is 5.32 Å². The van der Waals surface area contributed by atoms with Crippen LogP contribution in [0.3, 0.4) is 0 Å². The highest BCUT2D eigenvalue weighted by Crippen LogP contribution is 2.23. The maximum atomic E-state index is 11.7. The van der Waals surface area contributed by atoms with Gasteiger partial charge in [-0.2, -0.15) is 0 Å². The fraction of sp³-hybridized carbons (Fsp3) is 0.462. The van der Waals surface area contributed by atoms with Gasteiger partial charge in [0.2, 0.25) is 5.91 Å². The third kappa shape index (κ3) is 4.29. The first-order valence-electron chi connectivity index (χ1n) is 6.03. The Morgan fingerprint density at radius 2 is 1.58 bits per heavy atom. The van der Waals surface area contributed by atoms with Crippen molar-refractivity contribution >= 4 is 11.6 Å². The fourth-order valence-electron chi connectivity index (χ4n) is 1.50. The van der Waals surface area contributed by atoms with E-state index in [1.165, 1.54) is 18.2 Å². The summed E-state index contributed by atoms with van der Waals surface area (Å²) in [6, 6.07) is 3.99. The summed E-state index contributed by atoms with van der Waals surface area (Å²) in [5.74, 6) is -0.407. The molecule has 0 radical (unpaired) electrons. The van der Waals surface area contributed by atoms with Crippen molar-refractivity contribution in [2.24, 2.45) is 5.92 Å². The van der Waals surface area contributed by atoms with Gasteiger partial charge in [-0.05, 0) is 24.6 Å². The van der Waals surface area contributed by atoms with Gasteiger partial charge in [-0.1, -0.05) is 13.8 Å². The Hall–Kier alpha value is -1.47. The van der Waals surface area contributed by atoms with Gasteiger partial charge in [-0.25, -0.2) is 0 Å². The zero-order chi connectivity index (χ0) is 14.6. The van der Waals surface area contributed by atoms with Gasteiger partial charge in [0.25, 0.3) is 0 Å². The first kappa shape index (κ1) is 15.6. The lowest BCUT2D eigenvalue weighted by Crippen LogP contribution is -2.20. The summed E-state index contributed by atoms with van der Waals surface area (Å²) in [6.45, 7) is 3.64. The van der Waals surface area contributed by atoms with E-state index in [9.17, 15) is 4.79 Å². The van der Waals surface area contributed by atoms with Crippen LogP contribution in [0.4, 0.5) is 5.69 Å². The van der Waals surface area contributed by atoms with E-state index in [0.717, 1.165) is 0 Å². The van der Waals surface area contributed by atoms with Gasteiger partial charge in [0.05, 0.1) is 0 Å². The summed E-state index contributed by atoms with van der Waals surface area (Å²) in [6.07, 6.45) is -2.83. The highest BCUT2D eigenvalue weighted by Gasteiger charge is 2.14. The van der Waals surface area contributed by atoms with Crippen molar-refractivity contribution in [3.05, 3.63) is 29.3 Å². The Morgan fingerprint density at radius 1 is 1.11 bits per heavy atom. The van der Waals surface area contributed by atoms with Crippen molar-refractivity contribution in [3.63, 3.8) is 0 Å². The van der Waals surface area contributed by atoms with Crippen LogP contribution in [0.5, 0.6) is 0 Å². The second-order valence-corrected chi connectivity index (χ2v) is 4.43. The molecule has 1 unspecified atom stereocenters. The molecule has 0 spiro atoms. The van der Waals surface area contributed by atoms with Crippen molar-refractivity contribution in [1.29, 1.82) is 0 Å².